The van der Waals surface area contributed by atoms with Gasteiger partial charge in [-0.25, -0.2) is 4.79 Å². The van der Waals surface area contributed by atoms with E-state index >= 15 is 0 Å². The van der Waals surface area contributed by atoms with Crippen molar-refractivity contribution in [1.29, 1.82) is 0 Å². The van der Waals surface area contributed by atoms with E-state index in [0.29, 0.717) is 72.7 Å². The van der Waals surface area contributed by atoms with Crippen LogP contribution in [0.4, 0.5) is 4.79 Å². The number of carbonyl (C=O) groups is 8. The molecule has 0 aliphatic rings. The molecule has 0 aliphatic carbocycles. The van der Waals surface area contributed by atoms with Crippen LogP contribution in [0, 0.1) is 0 Å². The number of ether oxygens (including phenoxy) is 10. The molecule has 0 aromatic heterocycles. The van der Waals surface area contributed by atoms with Gasteiger partial charge in [-0.2, -0.15) is 0 Å². The van der Waals surface area contributed by atoms with Crippen LogP contribution in [-0.2, 0) is 80.9 Å². The number of nitrogens with one attached hydrogen (secondary N) is 7. The fourth-order valence-corrected chi connectivity index (χ4v) is 5.51. The Labute approximate surface area is 449 Å². The summed E-state index contributed by atoms with van der Waals surface area (Å²) in [5, 5.41) is 63.8. The molecule has 0 aromatic carbocycles. The van der Waals surface area contributed by atoms with Gasteiger partial charge in [-0.1, -0.05) is 0 Å². The third kappa shape index (κ3) is 44.7. The first-order chi connectivity index (χ1) is 36.4. The number of carbonyl (C=O) groups excluding carboxylic acids is 8. The van der Waals surface area contributed by atoms with Gasteiger partial charge in [-0.3, -0.25) is 33.6 Å². The van der Waals surface area contributed by atoms with Crippen LogP contribution in [0.15, 0.2) is 0 Å². The Morgan fingerprint density at radius 2 is 0.779 bits per heavy atom. The maximum absolute atomic E-state index is 12.8. The summed E-state index contributed by atoms with van der Waals surface area (Å²) in [5.41, 5.74) is -1.63. The van der Waals surface area contributed by atoms with Crippen molar-refractivity contribution in [2.45, 2.75) is 102 Å². The smallest absolute Gasteiger partial charge is 0.408 e. The van der Waals surface area contributed by atoms with E-state index in [0.717, 1.165) is 0 Å². The van der Waals surface area contributed by atoms with Crippen LogP contribution in [-0.4, -0.2) is 266 Å². The normalized spacial score (nSPS) is 13.5. The van der Waals surface area contributed by atoms with Gasteiger partial charge in [0.15, 0.2) is 0 Å². The maximum atomic E-state index is 12.8. The van der Waals surface area contributed by atoms with Crippen molar-refractivity contribution in [3.8, 4) is 0 Å². The molecule has 7 amide bonds. The first-order valence-corrected chi connectivity index (χ1v) is 25.2. The van der Waals surface area contributed by atoms with Crippen molar-refractivity contribution in [3.05, 3.63) is 0 Å². The zero-order valence-electron chi connectivity index (χ0n) is 45.4. The Kier molecular flexibility index (Phi) is 41.1. The third-order valence-electron chi connectivity index (χ3n) is 9.31. The van der Waals surface area contributed by atoms with Gasteiger partial charge >= 0.3 is 12.1 Å². The highest BCUT2D eigenvalue weighted by molar-refractivity contribution is 5.92. The van der Waals surface area contributed by atoms with E-state index in [1.54, 1.807) is 41.5 Å². The highest BCUT2D eigenvalue weighted by atomic mass is 16.6. The van der Waals surface area contributed by atoms with E-state index in [2.05, 4.69) is 37.2 Å². The number of aliphatic hydroxyl groups excluding tert-OH is 5. The number of hydrogen-bond donors (Lipinski definition) is 12. The van der Waals surface area contributed by atoms with Crippen LogP contribution >= 0.6 is 0 Å². The molecule has 448 valence electrons. The molecule has 30 nitrogen and oxygen atoms in total. The molecule has 0 saturated carbocycles. The van der Waals surface area contributed by atoms with Gasteiger partial charge in [0.2, 0.25) is 35.4 Å². The predicted octanol–water partition coefficient (Wildman–Crippen LogP) is -5.34. The largest absolute Gasteiger partial charge is 0.460 e. The topological polar surface area (TPSA) is 414 Å². The molecule has 0 bridgehead atoms. The van der Waals surface area contributed by atoms with Crippen LogP contribution in [0.1, 0.15) is 60.8 Å². The molecule has 0 saturated heterocycles. The molecule has 0 aliphatic heterocycles. The van der Waals surface area contributed by atoms with Crippen molar-refractivity contribution in [3.63, 3.8) is 0 Å². The average Bonchev–Trinajstić information content (AvgIpc) is 3.36. The van der Waals surface area contributed by atoms with E-state index in [1.807, 2.05) is 0 Å². The highest BCUT2D eigenvalue weighted by Crippen LogP contribution is 2.12. The summed E-state index contributed by atoms with van der Waals surface area (Å²) in [6, 6.07) is -1.25. The SMILES string of the molecule is CC(C)(C)OC(=O)CC[C@H](NC(=O)OC(C)(C)C)C(=O)NCC(=O)NCC(=O)NCC(=O)NCC(=O)NCCOCCOCCOCCOCCOCCOCCOCCOCCC(=O)NC[C@H](O)[C@@H](O)[C@H](O)[C@H](O)CO. The lowest BCUT2D eigenvalue weighted by Gasteiger charge is -2.25. The van der Waals surface area contributed by atoms with Gasteiger partial charge in [0.05, 0.1) is 145 Å². The Morgan fingerprint density at radius 3 is 1.18 bits per heavy atom. The lowest BCUT2D eigenvalue weighted by atomic mass is 10.0. The summed E-state index contributed by atoms with van der Waals surface area (Å²) in [6.45, 7) is 12.0. The molecule has 77 heavy (non-hydrogen) atoms. The molecule has 0 heterocycles. The van der Waals surface area contributed by atoms with Crippen LogP contribution in [0.5, 0.6) is 0 Å². The molecule has 0 unspecified atom stereocenters. The van der Waals surface area contributed by atoms with Crippen LogP contribution in [0.2, 0.25) is 0 Å². The summed E-state index contributed by atoms with van der Waals surface area (Å²) in [5.74, 6) is -4.49. The number of alkyl carbamates (subject to hydrolysis) is 1. The number of hydrogen-bond acceptors (Lipinski definition) is 23. The number of rotatable bonds is 46. The van der Waals surface area contributed by atoms with Gasteiger partial charge in [-0.15, -0.1) is 0 Å². The molecule has 0 spiro atoms. The number of amides is 7. The summed E-state index contributed by atoms with van der Waals surface area (Å²) in [7, 11) is 0. The molecular formula is C47H87N7O23. The van der Waals surface area contributed by atoms with E-state index < -0.39 is 115 Å². The van der Waals surface area contributed by atoms with Crippen LogP contribution in [0.3, 0.4) is 0 Å². The van der Waals surface area contributed by atoms with Gasteiger partial charge in [0.25, 0.3) is 0 Å². The average molecular weight is 1120 g/mol. The third-order valence-corrected chi connectivity index (χ3v) is 9.31. The van der Waals surface area contributed by atoms with Crippen molar-refractivity contribution in [2.75, 3.05) is 152 Å². The molecule has 0 rings (SSSR count). The molecule has 0 radical (unpaired) electrons. The zero-order chi connectivity index (χ0) is 57.9. The van der Waals surface area contributed by atoms with Crippen LogP contribution in [0.25, 0.3) is 0 Å². The van der Waals surface area contributed by atoms with E-state index in [9.17, 15) is 58.8 Å². The van der Waals surface area contributed by atoms with Crippen molar-refractivity contribution in [1.82, 2.24) is 37.2 Å². The monoisotopic (exact) mass is 1120 g/mol. The van der Waals surface area contributed by atoms with E-state index in [1.165, 1.54) is 0 Å². The second-order valence-electron chi connectivity index (χ2n) is 18.5. The summed E-state index contributed by atoms with van der Waals surface area (Å²) < 4.78 is 53.7. The van der Waals surface area contributed by atoms with Gasteiger partial charge in [0, 0.05) is 25.9 Å². The Hall–Kier alpha value is -4.96. The van der Waals surface area contributed by atoms with Crippen molar-refractivity contribution < 1.29 is 111 Å². The fraction of sp³-hybridized carbons (Fsp3) is 0.830. The lowest BCUT2D eigenvalue weighted by Crippen LogP contribution is -2.51. The quantitative estimate of drug-likeness (QED) is 0.0200. The van der Waals surface area contributed by atoms with Crippen molar-refractivity contribution in [2.24, 2.45) is 0 Å². The summed E-state index contributed by atoms with van der Waals surface area (Å²) >= 11 is 0. The first-order valence-electron chi connectivity index (χ1n) is 25.2. The first kappa shape index (κ1) is 72.0. The van der Waals surface area contributed by atoms with Crippen LogP contribution < -0.4 is 37.2 Å². The fourth-order valence-electron chi connectivity index (χ4n) is 5.51. The van der Waals surface area contributed by atoms with Gasteiger partial charge < -0.3 is 110 Å². The zero-order valence-corrected chi connectivity index (χ0v) is 45.4. The minimum Gasteiger partial charge on any atom is -0.460 e. The van der Waals surface area contributed by atoms with E-state index in [4.69, 9.17) is 52.5 Å². The standard InChI is InChI=1S/C47H87N7O23/c1-46(2,3)76-41(63)8-7-33(54-45(67)77-47(4,5)6)44(66)53-31-40(62)52-30-39(61)51-29-38(60)50-28-37(59)48-10-12-69-14-16-71-18-20-73-22-24-75-26-25-74-23-21-72-19-17-70-15-13-68-11-9-36(58)49-27-34(56)42(64)43(65)35(57)32-55/h33-35,42-43,55-57,64-65H,7-32H2,1-6H3,(H,48,59)(H,49,58)(H,50,60)(H,51,61)(H,52,62)(H,53,66)(H,54,67)/t33-,34-,35+,42+,43+/m0/s1. The minimum atomic E-state index is -1.77. The summed E-state index contributed by atoms with van der Waals surface area (Å²) in [6.07, 6.45) is -8.00. The van der Waals surface area contributed by atoms with Gasteiger partial charge in [-0.05, 0) is 48.0 Å². The van der Waals surface area contributed by atoms with Gasteiger partial charge in [0.1, 0.15) is 35.6 Å². The number of aliphatic hydroxyl groups is 5. The molecular weight excluding hydrogens is 1030 g/mol. The Morgan fingerprint density at radius 1 is 0.416 bits per heavy atom. The molecule has 12 N–H and O–H groups in total. The highest BCUT2D eigenvalue weighted by Gasteiger charge is 2.30. The predicted molar refractivity (Wildman–Crippen MR) is 269 cm³/mol. The second kappa shape index (κ2) is 44.0. The molecule has 0 fully saturated rings. The minimum absolute atomic E-state index is 0.0122. The summed E-state index contributed by atoms with van der Waals surface area (Å²) in [4.78, 5) is 97.8. The van der Waals surface area contributed by atoms with Crippen molar-refractivity contribution >= 4 is 47.5 Å². The molecule has 5 atom stereocenters. The molecule has 0 aromatic rings. The Balaban J connectivity index is 3.75. The lowest BCUT2D eigenvalue weighted by molar-refractivity contribution is -0.155. The second-order valence-corrected chi connectivity index (χ2v) is 18.5. The molecule has 30 heteroatoms. The Bertz CT molecular complexity index is 1670. The maximum Gasteiger partial charge on any atom is 0.408 e. The number of esters is 1. The van der Waals surface area contributed by atoms with E-state index in [-0.39, 0.29) is 71.9 Å².